The SMILES string of the molecule is c1ccc(-c2ccc(N(c3cccc(-c4cccc(-c5ccc6c7ccccc7n(-c7ccc8ccccc8c7)c6c5)c4)c3)c3ccc4c(c3)C(c3ccccc3)(c3ccccc3)c3ccccc3-4)cc2)cc1. The molecule has 0 spiro atoms. The lowest BCUT2D eigenvalue weighted by atomic mass is 9.67. The quantitative estimate of drug-likeness (QED) is 0.140. The molecule has 0 N–H and O–H groups in total. The minimum absolute atomic E-state index is 0.525. The highest BCUT2D eigenvalue weighted by Gasteiger charge is 2.46. The minimum atomic E-state index is -0.525. The summed E-state index contributed by atoms with van der Waals surface area (Å²) in [4.78, 5) is 2.44. The molecular weight excluding hydrogens is 881 g/mol. The molecule has 0 unspecified atom stereocenters. The van der Waals surface area contributed by atoms with Gasteiger partial charge >= 0.3 is 0 Å². The van der Waals surface area contributed by atoms with Crippen LogP contribution in [0.4, 0.5) is 17.1 Å². The number of hydrogen-bond donors (Lipinski definition) is 0. The van der Waals surface area contributed by atoms with Crippen molar-refractivity contribution in [3.63, 3.8) is 0 Å². The molecule has 0 saturated heterocycles. The van der Waals surface area contributed by atoms with Crippen molar-refractivity contribution in [3.05, 3.63) is 313 Å². The van der Waals surface area contributed by atoms with E-state index in [0.29, 0.717) is 0 Å². The van der Waals surface area contributed by atoms with Gasteiger partial charge in [-0.2, -0.15) is 0 Å². The van der Waals surface area contributed by atoms with Gasteiger partial charge in [-0.1, -0.05) is 224 Å². The normalized spacial score (nSPS) is 12.5. The van der Waals surface area contributed by atoms with Crippen LogP contribution in [0.2, 0.25) is 0 Å². The summed E-state index contributed by atoms with van der Waals surface area (Å²) in [6, 6.07) is 107. The number of anilines is 3. The van der Waals surface area contributed by atoms with Crippen LogP contribution in [-0.2, 0) is 5.41 Å². The molecule has 2 nitrogen and oxygen atoms in total. The Bertz CT molecular complexity index is 4150. The van der Waals surface area contributed by atoms with Crippen LogP contribution in [0, 0.1) is 0 Å². The average molecular weight is 929 g/mol. The van der Waals surface area contributed by atoms with Gasteiger partial charge in [0.15, 0.2) is 0 Å². The van der Waals surface area contributed by atoms with E-state index in [2.05, 4.69) is 301 Å². The van der Waals surface area contributed by atoms with Gasteiger partial charge in [0, 0.05) is 33.5 Å². The Morgan fingerprint density at radius 2 is 0.808 bits per heavy atom. The van der Waals surface area contributed by atoms with E-state index in [-0.39, 0.29) is 0 Å². The molecule has 0 saturated carbocycles. The third-order valence-electron chi connectivity index (χ3n) is 15.2. The fourth-order valence-electron chi connectivity index (χ4n) is 11.9. The van der Waals surface area contributed by atoms with Crippen molar-refractivity contribution in [2.45, 2.75) is 5.41 Å². The topological polar surface area (TPSA) is 8.17 Å². The summed E-state index contributed by atoms with van der Waals surface area (Å²) < 4.78 is 2.43. The Labute approximate surface area is 426 Å². The summed E-state index contributed by atoms with van der Waals surface area (Å²) in [7, 11) is 0. The van der Waals surface area contributed by atoms with Crippen molar-refractivity contribution in [2.75, 3.05) is 4.90 Å². The van der Waals surface area contributed by atoms with E-state index in [1.807, 2.05) is 0 Å². The van der Waals surface area contributed by atoms with Gasteiger partial charge in [-0.05, 0) is 144 Å². The molecule has 0 fully saturated rings. The molecule has 14 rings (SSSR count). The predicted molar refractivity (Wildman–Crippen MR) is 307 cm³/mol. The van der Waals surface area contributed by atoms with E-state index >= 15 is 0 Å². The van der Waals surface area contributed by atoms with Crippen molar-refractivity contribution >= 4 is 49.6 Å². The molecule has 1 aliphatic rings. The third kappa shape index (κ3) is 7.02. The predicted octanol–water partition coefficient (Wildman–Crippen LogP) is 18.8. The van der Waals surface area contributed by atoms with Gasteiger partial charge in [0.05, 0.1) is 16.4 Å². The lowest BCUT2D eigenvalue weighted by molar-refractivity contribution is 0.768. The Morgan fingerprint density at radius 1 is 0.274 bits per heavy atom. The zero-order valence-corrected chi connectivity index (χ0v) is 40.1. The Balaban J connectivity index is 0.908. The maximum atomic E-state index is 2.46. The number of rotatable bonds is 9. The average Bonchev–Trinajstić information content (AvgIpc) is 3.97. The second-order valence-electron chi connectivity index (χ2n) is 19.3. The van der Waals surface area contributed by atoms with Crippen molar-refractivity contribution < 1.29 is 0 Å². The van der Waals surface area contributed by atoms with Crippen molar-refractivity contribution in [2.24, 2.45) is 0 Å². The summed E-state index contributed by atoms with van der Waals surface area (Å²) >= 11 is 0. The van der Waals surface area contributed by atoms with E-state index in [4.69, 9.17) is 0 Å². The van der Waals surface area contributed by atoms with Gasteiger partial charge in [0.1, 0.15) is 0 Å². The summed E-state index contributed by atoms with van der Waals surface area (Å²) in [6.45, 7) is 0. The number of para-hydroxylation sites is 1. The van der Waals surface area contributed by atoms with E-state index in [0.717, 1.165) is 33.9 Å². The van der Waals surface area contributed by atoms with Crippen LogP contribution < -0.4 is 4.90 Å². The van der Waals surface area contributed by atoms with Crippen molar-refractivity contribution in [1.82, 2.24) is 4.57 Å². The Morgan fingerprint density at radius 3 is 1.58 bits per heavy atom. The van der Waals surface area contributed by atoms with E-state index in [9.17, 15) is 0 Å². The molecule has 12 aromatic carbocycles. The highest BCUT2D eigenvalue weighted by atomic mass is 15.1. The number of hydrogen-bond acceptors (Lipinski definition) is 1. The molecule has 0 amide bonds. The molecule has 0 radical (unpaired) electrons. The molecule has 2 heteroatoms. The molecule has 73 heavy (non-hydrogen) atoms. The zero-order valence-electron chi connectivity index (χ0n) is 40.1. The van der Waals surface area contributed by atoms with E-state index < -0.39 is 5.41 Å². The highest BCUT2D eigenvalue weighted by molar-refractivity contribution is 6.10. The van der Waals surface area contributed by atoms with Gasteiger partial charge in [0.25, 0.3) is 0 Å². The second kappa shape index (κ2) is 17.4. The molecule has 0 bridgehead atoms. The molecule has 342 valence electrons. The molecule has 0 aliphatic heterocycles. The minimum Gasteiger partial charge on any atom is -0.310 e. The molecule has 1 aromatic heterocycles. The van der Waals surface area contributed by atoms with Crippen LogP contribution >= 0.6 is 0 Å². The van der Waals surface area contributed by atoms with Crippen molar-refractivity contribution in [1.29, 1.82) is 0 Å². The fraction of sp³-hybridized carbons (Fsp3) is 0.0141. The van der Waals surface area contributed by atoms with E-state index in [1.165, 1.54) is 88.2 Å². The van der Waals surface area contributed by atoms with Crippen LogP contribution in [0.5, 0.6) is 0 Å². The van der Waals surface area contributed by atoms with Crippen molar-refractivity contribution in [3.8, 4) is 50.2 Å². The Hall–Kier alpha value is -9.50. The first kappa shape index (κ1) is 42.4. The maximum absolute atomic E-state index is 2.46. The first-order chi connectivity index (χ1) is 36.2. The molecule has 1 heterocycles. The second-order valence-corrected chi connectivity index (χ2v) is 19.3. The van der Waals surface area contributed by atoms with Gasteiger partial charge < -0.3 is 9.47 Å². The van der Waals surface area contributed by atoms with Crippen LogP contribution in [0.25, 0.3) is 82.8 Å². The largest absolute Gasteiger partial charge is 0.310 e. The smallest absolute Gasteiger partial charge is 0.0714 e. The van der Waals surface area contributed by atoms with Crippen LogP contribution in [0.1, 0.15) is 22.3 Å². The molecular formula is C71H48N2. The summed E-state index contributed by atoms with van der Waals surface area (Å²) in [5.41, 5.74) is 20.9. The number of benzene rings is 12. The molecule has 13 aromatic rings. The highest BCUT2D eigenvalue weighted by Crippen LogP contribution is 2.57. The van der Waals surface area contributed by atoms with Gasteiger partial charge in [-0.25, -0.2) is 0 Å². The maximum Gasteiger partial charge on any atom is 0.0714 e. The standard InChI is InChI=1S/C71H48N2/c1-4-18-49(19-5-1)51-34-38-59(39-35-51)72(62-41-43-64-63-30-12-14-32-67(63)71(68(64)48-62,57-25-6-2-7-26-57)58-27-8-3-9-28-58)60-29-17-24-55(46-60)52-22-16-23-53(44-52)56-37-42-66-65-31-13-15-33-69(65)73(70(66)47-56)61-40-36-50-20-10-11-21-54(50)45-61/h1-48H. The van der Waals surface area contributed by atoms with Gasteiger partial charge in [-0.3, -0.25) is 0 Å². The van der Waals surface area contributed by atoms with Crippen LogP contribution in [0.15, 0.2) is 291 Å². The van der Waals surface area contributed by atoms with Crippen LogP contribution in [0.3, 0.4) is 0 Å². The first-order valence-electron chi connectivity index (χ1n) is 25.2. The number of fused-ring (bicyclic) bond motifs is 7. The summed E-state index contributed by atoms with van der Waals surface area (Å²) in [5.74, 6) is 0. The van der Waals surface area contributed by atoms with Crippen LogP contribution in [-0.4, -0.2) is 4.57 Å². The molecule has 1 aliphatic carbocycles. The summed E-state index contributed by atoms with van der Waals surface area (Å²) in [6.07, 6.45) is 0. The monoisotopic (exact) mass is 928 g/mol. The van der Waals surface area contributed by atoms with Gasteiger partial charge in [0.2, 0.25) is 0 Å². The number of nitrogens with zero attached hydrogens (tertiary/aromatic N) is 2. The number of aromatic nitrogens is 1. The zero-order chi connectivity index (χ0) is 48.3. The Kier molecular flexibility index (Phi) is 10.1. The summed E-state index contributed by atoms with van der Waals surface area (Å²) in [5, 5.41) is 4.97. The lowest BCUT2D eigenvalue weighted by Gasteiger charge is -2.35. The first-order valence-corrected chi connectivity index (χ1v) is 25.2. The third-order valence-corrected chi connectivity index (χ3v) is 15.2. The molecule has 0 atom stereocenters. The van der Waals surface area contributed by atoms with E-state index in [1.54, 1.807) is 0 Å². The lowest BCUT2D eigenvalue weighted by Crippen LogP contribution is -2.28. The fourth-order valence-corrected chi connectivity index (χ4v) is 11.9. The van der Waals surface area contributed by atoms with Gasteiger partial charge in [-0.15, -0.1) is 0 Å².